The first-order chi connectivity index (χ1) is 10.5. The van der Waals surface area contributed by atoms with Gasteiger partial charge in [-0.15, -0.1) is 0 Å². The number of nitrogens with one attached hydrogen (secondary N) is 2. The predicted octanol–water partition coefficient (Wildman–Crippen LogP) is 4.24. The predicted molar refractivity (Wildman–Crippen MR) is 93.8 cm³/mol. The topological polar surface area (TPSA) is 50.4 Å². The minimum Gasteiger partial charge on any atom is -0.465 e. The molecule has 2 N–H and O–H groups in total. The van der Waals surface area contributed by atoms with E-state index >= 15 is 0 Å². The Balaban J connectivity index is 2.16. The number of thiocarbonyl (C=S) groups is 1. The highest BCUT2D eigenvalue weighted by atomic mass is 35.5. The van der Waals surface area contributed by atoms with Crippen molar-refractivity contribution in [3.63, 3.8) is 0 Å². The highest BCUT2D eigenvalue weighted by molar-refractivity contribution is 7.80. The summed E-state index contributed by atoms with van der Waals surface area (Å²) < 4.78 is 4.75. The SMILES string of the molecule is COC(=O)c1ccccc1NC(=S)Nc1cc(Cl)ccc1C. The van der Waals surface area contributed by atoms with Crippen molar-refractivity contribution in [2.75, 3.05) is 17.7 Å². The van der Waals surface area contributed by atoms with Crippen LogP contribution in [0.2, 0.25) is 5.02 Å². The molecule has 4 nitrogen and oxygen atoms in total. The van der Waals surface area contributed by atoms with E-state index in [9.17, 15) is 4.79 Å². The molecule has 0 saturated carbocycles. The summed E-state index contributed by atoms with van der Waals surface area (Å²) in [5.74, 6) is -0.426. The van der Waals surface area contributed by atoms with Crippen molar-refractivity contribution in [2.45, 2.75) is 6.92 Å². The number of hydrogen-bond donors (Lipinski definition) is 2. The first-order valence-corrected chi connectivity index (χ1v) is 7.31. The van der Waals surface area contributed by atoms with Crippen LogP contribution in [0, 0.1) is 6.92 Å². The van der Waals surface area contributed by atoms with Gasteiger partial charge in [0.05, 0.1) is 18.4 Å². The molecule has 2 aromatic rings. The number of esters is 1. The van der Waals surface area contributed by atoms with E-state index in [1.807, 2.05) is 25.1 Å². The molecule has 0 bridgehead atoms. The van der Waals surface area contributed by atoms with Crippen molar-refractivity contribution in [2.24, 2.45) is 0 Å². The van der Waals surface area contributed by atoms with E-state index in [0.717, 1.165) is 11.3 Å². The number of methoxy groups -OCH3 is 1. The van der Waals surface area contributed by atoms with E-state index in [2.05, 4.69) is 10.6 Å². The number of anilines is 2. The van der Waals surface area contributed by atoms with Crippen LogP contribution in [0.5, 0.6) is 0 Å². The Morgan fingerprint density at radius 2 is 1.82 bits per heavy atom. The molecule has 0 heterocycles. The molecule has 0 spiro atoms. The Kier molecular flexibility index (Phi) is 5.35. The van der Waals surface area contributed by atoms with Gasteiger partial charge in [-0.3, -0.25) is 0 Å². The number of aryl methyl sites for hydroxylation is 1. The van der Waals surface area contributed by atoms with Gasteiger partial charge in [0, 0.05) is 10.7 Å². The minimum absolute atomic E-state index is 0.363. The van der Waals surface area contributed by atoms with Crippen LogP contribution in [0.25, 0.3) is 0 Å². The Labute approximate surface area is 139 Å². The number of ether oxygens (including phenoxy) is 1. The summed E-state index contributed by atoms with van der Waals surface area (Å²) in [6, 6.07) is 12.5. The molecule has 0 aliphatic carbocycles. The largest absolute Gasteiger partial charge is 0.465 e. The average Bonchev–Trinajstić information content (AvgIpc) is 2.50. The highest BCUT2D eigenvalue weighted by Gasteiger charge is 2.12. The van der Waals surface area contributed by atoms with Crippen molar-refractivity contribution < 1.29 is 9.53 Å². The third-order valence-electron chi connectivity index (χ3n) is 3.03. The summed E-state index contributed by atoms with van der Waals surface area (Å²) in [5.41, 5.74) is 2.80. The summed E-state index contributed by atoms with van der Waals surface area (Å²) in [4.78, 5) is 11.7. The van der Waals surface area contributed by atoms with Gasteiger partial charge in [0.1, 0.15) is 0 Å². The summed E-state index contributed by atoms with van der Waals surface area (Å²) >= 11 is 11.3. The van der Waals surface area contributed by atoms with Crippen molar-refractivity contribution in [1.29, 1.82) is 0 Å². The number of rotatable bonds is 3. The van der Waals surface area contributed by atoms with E-state index < -0.39 is 5.97 Å². The van der Waals surface area contributed by atoms with Crippen molar-refractivity contribution in [1.82, 2.24) is 0 Å². The molecule has 2 aromatic carbocycles. The molecule has 0 atom stereocenters. The highest BCUT2D eigenvalue weighted by Crippen LogP contribution is 2.21. The number of benzene rings is 2. The van der Waals surface area contributed by atoms with Crippen LogP contribution in [0.1, 0.15) is 15.9 Å². The van der Waals surface area contributed by atoms with Gasteiger partial charge in [-0.25, -0.2) is 4.79 Å². The molecule has 22 heavy (non-hydrogen) atoms. The fourth-order valence-corrected chi connectivity index (χ4v) is 2.28. The summed E-state index contributed by atoms with van der Waals surface area (Å²) in [7, 11) is 1.34. The lowest BCUT2D eigenvalue weighted by molar-refractivity contribution is 0.0602. The maximum absolute atomic E-state index is 11.7. The van der Waals surface area contributed by atoms with Gasteiger partial charge >= 0.3 is 5.97 Å². The minimum atomic E-state index is -0.426. The number of para-hydroxylation sites is 1. The van der Waals surface area contributed by atoms with Crippen LogP contribution in [0.4, 0.5) is 11.4 Å². The third kappa shape index (κ3) is 3.96. The first kappa shape index (κ1) is 16.3. The summed E-state index contributed by atoms with van der Waals surface area (Å²) in [6.45, 7) is 1.95. The van der Waals surface area contributed by atoms with E-state index in [1.165, 1.54) is 7.11 Å². The van der Waals surface area contributed by atoms with Gasteiger partial charge in [0.25, 0.3) is 0 Å². The van der Waals surface area contributed by atoms with Gasteiger partial charge in [0.2, 0.25) is 0 Å². The van der Waals surface area contributed by atoms with Crippen LogP contribution >= 0.6 is 23.8 Å². The molecule has 114 valence electrons. The fourth-order valence-electron chi connectivity index (χ4n) is 1.88. The van der Waals surface area contributed by atoms with Crippen LogP contribution in [0.3, 0.4) is 0 Å². The van der Waals surface area contributed by atoms with E-state index in [0.29, 0.717) is 21.4 Å². The zero-order valence-electron chi connectivity index (χ0n) is 12.1. The molecule has 0 aliphatic rings. The van der Waals surface area contributed by atoms with Crippen LogP contribution < -0.4 is 10.6 Å². The first-order valence-electron chi connectivity index (χ1n) is 6.52. The average molecular weight is 335 g/mol. The Morgan fingerprint density at radius 3 is 2.55 bits per heavy atom. The summed E-state index contributed by atoms with van der Waals surface area (Å²) in [5, 5.41) is 7.04. The van der Waals surface area contributed by atoms with E-state index in [-0.39, 0.29) is 0 Å². The molecule has 0 radical (unpaired) electrons. The van der Waals surface area contributed by atoms with Crippen LogP contribution in [-0.2, 0) is 4.74 Å². The van der Waals surface area contributed by atoms with Gasteiger partial charge in [-0.2, -0.15) is 0 Å². The van der Waals surface area contributed by atoms with Gasteiger partial charge in [0.15, 0.2) is 5.11 Å². The number of halogens is 1. The lowest BCUT2D eigenvalue weighted by Crippen LogP contribution is -2.21. The monoisotopic (exact) mass is 334 g/mol. The second-order valence-electron chi connectivity index (χ2n) is 4.58. The third-order valence-corrected chi connectivity index (χ3v) is 3.47. The van der Waals surface area contributed by atoms with Crippen molar-refractivity contribution in [3.05, 3.63) is 58.6 Å². The quantitative estimate of drug-likeness (QED) is 0.649. The molecule has 0 aromatic heterocycles. The molecule has 0 unspecified atom stereocenters. The molecular weight excluding hydrogens is 320 g/mol. The lowest BCUT2D eigenvalue weighted by Gasteiger charge is -2.14. The van der Waals surface area contributed by atoms with Crippen molar-refractivity contribution in [3.8, 4) is 0 Å². The molecule has 6 heteroatoms. The molecule has 0 fully saturated rings. The van der Waals surface area contributed by atoms with Crippen LogP contribution in [0.15, 0.2) is 42.5 Å². The van der Waals surface area contributed by atoms with Crippen LogP contribution in [-0.4, -0.2) is 18.2 Å². The zero-order valence-corrected chi connectivity index (χ0v) is 13.7. The smallest absolute Gasteiger partial charge is 0.339 e. The maximum atomic E-state index is 11.7. The standard InChI is InChI=1S/C16H15ClN2O2S/c1-10-7-8-11(17)9-14(10)19-16(22)18-13-6-4-3-5-12(13)15(20)21-2/h3-9H,1-2H3,(H2,18,19,22). The Morgan fingerprint density at radius 1 is 1.14 bits per heavy atom. The molecular formula is C16H15ClN2O2S. The maximum Gasteiger partial charge on any atom is 0.339 e. The molecule has 0 aliphatic heterocycles. The second kappa shape index (κ2) is 7.24. The number of hydrogen-bond acceptors (Lipinski definition) is 3. The zero-order chi connectivity index (χ0) is 16.1. The van der Waals surface area contributed by atoms with Crippen molar-refractivity contribution >= 4 is 46.3 Å². The molecule has 0 amide bonds. The molecule has 2 rings (SSSR count). The Bertz CT molecular complexity index is 719. The lowest BCUT2D eigenvalue weighted by atomic mass is 10.2. The second-order valence-corrected chi connectivity index (χ2v) is 5.42. The normalized spacial score (nSPS) is 9.95. The van der Waals surface area contributed by atoms with Gasteiger partial charge < -0.3 is 15.4 Å². The van der Waals surface area contributed by atoms with Gasteiger partial charge in [-0.1, -0.05) is 29.8 Å². The number of carbonyl (C=O) groups is 1. The van der Waals surface area contributed by atoms with Gasteiger partial charge in [-0.05, 0) is 49.0 Å². The fraction of sp³-hybridized carbons (Fsp3) is 0.125. The number of carbonyl (C=O) groups excluding carboxylic acids is 1. The van der Waals surface area contributed by atoms with E-state index in [4.69, 9.17) is 28.6 Å². The summed E-state index contributed by atoms with van der Waals surface area (Å²) in [6.07, 6.45) is 0. The van der Waals surface area contributed by atoms with E-state index in [1.54, 1.807) is 24.3 Å². The molecule has 0 saturated heterocycles. The Hall–Kier alpha value is -2.11.